The lowest BCUT2D eigenvalue weighted by Gasteiger charge is -2.07. The molecule has 2 aromatic heterocycles. The number of fused-ring (bicyclic) bond motifs is 1. The normalized spacial score (nSPS) is 11.1. The van der Waals surface area contributed by atoms with E-state index >= 15 is 0 Å². The van der Waals surface area contributed by atoms with Crippen LogP contribution in [0.2, 0.25) is 0 Å². The topological polar surface area (TPSA) is 108 Å². The third-order valence-electron chi connectivity index (χ3n) is 2.68. The van der Waals surface area contributed by atoms with Gasteiger partial charge in [-0.2, -0.15) is 9.97 Å². The Morgan fingerprint density at radius 3 is 2.90 bits per heavy atom. The van der Waals surface area contributed by atoms with Gasteiger partial charge >= 0.3 is 0 Å². The maximum Gasteiger partial charge on any atom is 0.247 e. The van der Waals surface area contributed by atoms with Crippen LogP contribution in [-0.4, -0.2) is 49.8 Å². The number of hydrogen-bond donors (Lipinski definition) is 2. The van der Waals surface area contributed by atoms with Gasteiger partial charge in [0.25, 0.3) is 0 Å². The highest BCUT2D eigenvalue weighted by molar-refractivity contribution is 9.09. The van der Waals surface area contributed by atoms with E-state index in [0.29, 0.717) is 23.7 Å². The summed E-state index contributed by atoms with van der Waals surface area (Å²) in [5.41, 5.74) is 6.81. The van der Waals surface area contributed by atoms with Crippen LogP contribution < -0.4 is 10.5 Å². The second kappa shape index (κ2) is 8.11. The van der Waals surface area contributed by atoms with E-state index < -0.39 is 0 Å². The van der Waals surface area contributed by atoms with Gasteiger partial charge < -0.3 is 20.3 Å². The second-order valence-corrected chi connectivity index (χ2v) is 5.07. The molecule has 0 aromatic carbocycles. The number of rotatable bonds is 9. The fourth-order valence-corrected chi connectivity index (χ4v) is 2.12. The van der Waals surface area contributed by atoms with Gasteiger partial charge in [-0.05, 0) is 12.8 Å². The van der Waals surface area contributed by atoms with Crippen LogP contribution >= 0.6 is 15.9 Å². The number of nitrogens with zero attached hydrogens (tertiary/aromatic N) is 4. The summed E-state index contributed by atoms with van der Waals surface area (Å²) in [6, 6.07) is 0. The van der Waals surface area contributed by atoms with Crippen molar-refractivity contribution in [2.24, 2.45) is 0 Å². The maximum atomic E-state index is 8.72. The first-order valence-electron chi connectivity index (χ1n) is 6.62. The number of aromatic nitrogens is 4. The van der Waals surface area contributed by atoms with Gasteiger partial charge in [-0.3, -0.25) is 4.57 Å². The molecule has 9 heteroatoms. The monoisotopic (exact) mass is 359 g/mol. The van der Waals surface area contributed by atoms with Crippen molar-refractivity contribution in [3.05, 3.63) is 6.33 Å². The Morgan fingerprint density at radius 1 is 1.29 bits per heavy atom. The van der Waals surface area contributed by atoms with E-state index in [1.807, 2.05) is 0 Å². The summed E-state index contributed by atoms with van der Waals surface area (Å²) in [6.45, 7) is 0.989. The molecule has 0 atom stereocenters. The average Bonchev–Trinajstić information content (AvgIpc) is 2.87. The van der Waals surface area contributed by atoms with Crippen LogP contribution in [-0.2, 0) is 11.5 Å². The fraction of sp³-hybridized carbons (Fsp3) is 0.583. The number of imidazole rings is 1. The third kappa shape index (κ3) is 4.26. The predicted octanol–water partition coefficient (Wildman–Crippen LogP) is 0.929. The number of ether oxygens (including phenoxy) is 2. The lowest BCUT2D eigenvalue weighted by atomic mass is 10.4. The Balaban J connectivity index is 2.14. The van der Waals surface area contributed by atoms with Crippen molar-refractivity contribution in [3.63, 3.8) is 0 Å². The first-order valence-corrected chi connectivity index (χ1v) is 7.74. The van der Waals surface area contributed by atoms with Crippen LogP contribution in [0.1, 0.15) is 12.8 Å². The van der Waals surface area contributed by atoms with E-state index in [4.69, 9.17) is 20.3 Å². The molecule has 0 aliphatic carbocycles. The third-order valence-corrected chi connectivity index (χ3v) is 3.24. The quantitative estimate of drug-likeness (QED) is 0.506. The van der Waals surface area contributed by atoms with Crippen molar-refractivity contribution in [1.82, 2.24) is 19.5 Å². The van der Waals surface area contributed by atoms with Gasteiger partial charge in [0.2, 0.25) is 11.8 Å². The Kier molecular flexibility index (Phi) is 6.15. The smallest absolute Gasteiger partial charge is 0.247 e. The van der Waals surface area contributed by atoms with Gasteiger partial charge in [0.15, 0.2) is 11.2 Å². The Bertz CT molecular complexity index is 577. The number of hydrogen-bond acceptors (Lipinski definition) is 7. The zero-order valence-corrected chi connectivity index (χ0v) is 13.1. The van der Waals surface area contributed by atoms with E-state index in [1.165, 1.54) is 0 Å². The minimum Gasteiger partial charge on any atom is -0.476 e. The first-order chi connectivity index (χ1) is 10.3. The van der Waals surface area contributed by atoms with Crippen molar-refractivity contribution in [2.45, 2.75) is 19.6 Å². The van der Waals surface area contributed by atoms with Gasteiger partial charge in [0.05, 0.1) is 26.1 Å². The Hall–Kier alpha value is -1.45. The maximum absolute atomic E-state index is 8.72. The summed E-state index contributed by atoms with van der Waals surface area (Å²) in [5, 5.41) is 9.66. The lowest BCUT2D eigenvalue weighted by Crippen LogP contribution is -2.07. The van der Waals surface area contributed by atoms with Crippen LogP contribution in [0.3, 0.4) is 0 Å². The van der Waals surface area contributed by atoms with Crippen molar-refractivity contribution in [1.29, 1.82) is 0 Å². The molecule has 8 nitrogen and oxygen atoms in total. The SMILES string of the molecule is Nc1nc(OCCCCBr)c2ncn(COCCO)c2n1. The second-order valence-electron chi connectivity index (χ2n) is 4.28. The van der Waals surface area contributed by atoms with Gasteiger partial charge in [-0.15, -0.1) is 0 Å². The van der Waals surface area contributed by atoms with Crippen molar-refractivity contribution >= 4 is 33.0 Å². The molecule has 21 heavy (non-hydrogen) atoms. The minimum absolute atomic E-state index is 0.0360. The molecule has 0 aliphatic rings. The highest BCUT2D eigenvalue weighted by atomic mass is 79.9. The summed E-state index contributed by atoms with van der Waals surface area (Å²) < 4.78 is 12.6. The highest BCUT2D eigenvalue weighted by Gasteiger charge is 2.13. The number of alkyl halides is 1. The van der Waals surface area contributed by atoms with E-state index in [1.54, 1.807) is 10.9 Å². The van der Waals surface area contributed by atoms with Crippen molar-refractivity contribution in [3.8, 4) is 5.88 Å². The number of aliphatic hydroxyl groups is 1. The van der Waals surface area contributed by atoms with Crippen LogP contribution in [0, 0.1) is 0 Å². The van der Waals surface area contributed by atoms with Crippen molar-refractivity contribution in [2.75, 3.05) is 30.9 Å². The summed E-state index contributed by atoms with van der Waals surface area (Å²) in [5.74, 6) is 0.509. The molecule has 0 spiro atoms. The summed E-state index contributed by atoms with van der Waals surface area (Å²) >= 11 is 3.37. The number of halogens is 1. The molecule has 0 bridgehead atoms. The van der Waals surface area contributed by atoms with Crippen LogP contribution in [0.15, 0.2) is 6.33 Å². The van der Waals surface area contributed by atoms with Gasteiger partial charge in [-0.1, -0.05) is 15.9 Å². The lowest BCUT2D eigenvalue weighted by molar-refractivity contribution is 0.0499. The molecule has 0 saturated carbocycles. The minimum atomic E-state index is -0.0360. The molecule has 0 radical (unpaired) electrons. The largest absolute Gasteiger partial charge is 0.476 e. The molecule has 0 amide bonds. The molecular weight excluding hydrogens is 342 g/mol. The van der Waals surface area contributed by atoms with E-state index in [2.05, 4.69) is 30.9 Å². The number of aliphatic hydroxyl groups excluding tert-OH is 1. The Morgan fingerprint density at radius 2 is 2.14 bits per heavy atom. The number of unbranched alkanes of at least 4 members (excludes halogenated alkanes) is 1. The molecule has 116 valence electrons. The van der Waals surface area contributed by atoms with Gasteiger partial charge in [0.1, 0.15) is 6.73 Å². The molecule has 3 N–H and O–H groups in total. The molecule has 0 saturated heterocycles. The molecule has 0 aliphatic heterocycles. The van der Waals surface area contributed by atoms with Gasteiger partial charge in [0, 0.05) is 5.33 Å². The van der Waals surface area contributed by atoms with E-state index in [-0.39, 0.29) is 25.9 Å². The van der Waals surface area contributed by atoms with Crippen LogP contribution in [0.4, 0.5) is 5.95 Å². The molecular formula is C12H18BrN5O3. The molecule has 2 rings (SSSR count). The predicted molar refractivity (Wildman–Crippen MR) is 81.3 cm³/mol. The fourth-order valence-electron chi connectivity index (χ4n) is 1.72. The zero-order chi connectivity index (χ0) is 15.1. The van der Waals surface area contributed by atoms with Crippen molar-refractivity contribution < 1.29 is 14.6 Å². The molecule has 0 unspecified atom stereocenters. The van der Waals surface area contributed by atoms with Crippen LogP contribution in [0.5, 0.6) is 5.88 Å². The summed E-state index contributed by atoms with van der Waals surface area (Å²) in [6.07, 6.45) is 3.52. The first kappa shape index (κ1) is 15.9. The zero-order valence-electron chi connectivity index (χ0n) is 11.5. The highest BCUT2D eigenvalue weighted by Crippen LogP contribution is 2.22. The van der Waals surface area contributed by atoms with E-state index in [0.717, 1.165) is 18.2 Å². The summed E-state index contributed by atoms with van der Waals surface area (Å²) in [7, 11) is 0. The summed E-state index contributed by atoms with van der Waals surface area (Å²) in [4.78, 5) is 12.5. The number of nitrogen functional groups attached to an aromatic ring is 1. The molecule has 2 heterocycles. The molecule has 0 fully saturated rings. The Labute approximate surface area is 130 Å². The van der Waals surface area contributed by atoms with Crippen LogP contribution in [0.25, 0.3) is 11.2 Å². The molecule has 2 aromatic rings. The van der Waals surface area contributed by atoms with E-state index in [9.17, 15) is 0 Å². The number of nitrogens with two attached hydrogens (primary N) is 1. The standard InChI is InChI=1S/C12H18BrN5O3/c13-3-1-2-5-21-11-9-10(16-12(14)17-11)18(7-15-9)8-20-6-4-19/h7,19H,1-6,8H2,(H2,14,16,17). The van der Waals surface area contributed by atoms with Gasteiger partial charge in [-0.25, -0.2) is 4.98 Å². The number of anilines is 1. The average molecular weight is 360 g/mol.